The standard InChI is InChI=1S/C19H17N5OS.C17H19N5O3.C16H17N5O/c25-19(16-11-13-3-1-2-4-15(13)26-16)24-9-7-23(8-10-24)18-14-5-6-20-17(14)21-12-22-18;23-14(17(4-5-17)15(24)25)22-8-7-21(9-16(22)2-3-16)13-11-1-6-18-12(11)19-10-20-13;17-11-16(3-4-16)15(22)21-9-7-20(8-10-21)13-2-6-19-14-12(13)1-5-18-14/h1-6,11-12H,7-10H2,(H,20,21,22);1,6,10H,2-5,7-9H2,(H,24,25)(H,18,19,20);1-2,5-6H,3-4,7-10H2,(H,18,19). The molecule has 3 saturated heterocycles. The fourth-order valence-corrected chi connectivity index (χ4v) is 11.7. The third kappa shape index (κ3) is 8.38. The Hall–Kier alpha value is -8.12. The Balaban J connectivity index is 0.000000112. The number of hydrogen-bond donors (Lipinski definition) is 4. The van der Waals surface area contributed by atoms with Crippen molar-refractivity contribution in [3.63, 3.8) is 0 Å². The molecule has 1 aromatic carbocycles. The van der Waals surface area contributed by atoms with Crippen LogP contribution < -0.4 is 14.7 Å². The van der Waals surface area contributed by atoms with E-state index in [9.17, 15) is 24.3 Å². The zero-order valence-electron chi connectivity index (χ0n) is 40.0. The van der Waals surface area contributed by atoms with Gasteiger partial charge >= 0.3 is 5.97 Å². The van der Waals surface area contributed by atoms with Crippen LogP contribution in [0.5, 0.6) is 0 Å². The number of anilines is 3. The summed E-state index contributed by atoms with van der Waals surface area (Å²) >= 11 is 1.57. The third-order valence-corrected chi connectivity index (χ3v) is 16.6. The van der Waals surface area contributed by atoms with E-state index in [2.05, 4.69) is 72.8 Å². The van der Waals surface area contributed by atoms with E-state index in [4.69, 9.17) is 5.26 Å². The number of pyridine rings is 1. The number of piperazine rings is 3. The van der Waals surface area contributed by atoms with Crippen molar-refractivity contribution in [2.75, 3.05) is 86.7 Å². The second-order valence-corrected chi connectivity index (χ2v) is 20.9. The van der Waals surface area contributed by atoms with E-state index < -0.39 is 16.8 Å². The lowest BCUT2D eigenvalue weighted by Gasteiger charge is -2.43. The molecule has 0 bridgehead atoms. The fraction of sp³-hybridized carbons (Fsp3) is 0.385. The van der Waals surface area contributed by atoms with E-state index in [-0.39, 0.29) is 23.3 Å². The van der Waals surface area contributed by atoms with Crippen LogP contribution in [0.4, 0.5) is 17.3 Å². The van der Waals surface area contributed by atoms with Crippen LogP contribution in [0.1, 0.15) is 48.2 Å². The molecule has 3 amide bonds. The molecule has 1 spiro atoms. The minimum atomic E-state index is -1.15. The normalized spacial score (nSPS) is 19.3. The van der Waals surface area contributed by atoms with Crippen LogP contribution in [0.3, 0.4) is 0 Å². The van der Waals surface area contributed by atoms with Crippen LogP contribution in [0.2, 0.25) is 0 Å². The molecule has 8 aromatic rings. The average Bonchev–Trinajstić information content (AvgIpc) is 4.35. The van der Waals surface area contributed by atoms with Gasteiger partial charge in [-0.1, -0.05) is 18.2 Å². The number of H-pyrrole nitrogens is 3. The molecule has 0 radical (unpaired) electrons. The number of aromatic amines is 3. The molecular weight excluding hydrogens is 947 g/mol. The summed E-state index contributed by atoms with van der Waals surface area (Å²) in [5, 5.41) is 22.8. The van der Waals surface area contributed by atoms with Gasteiger partial charge in [0.25, 0.3) is 5.91 Å². The van der Waals surface area contributed by atoms with E-state index >= 15 is 0 Å². The smallest absolute Gasteiger partial charge is 0.319 e. The van der Waals surface area contributed by atoms with Crippen LogP contribution in [0.15, 0.2) is 92.0 Å². The molecule has 0 atom stereocenters. The number of rotatable bonds is 7. The molecular formula is C52H53N15O5S. The number of nitrogens with zero attached hydrogens (tertiary/aromatic N) is 12. The average molecular weight is 1000 g/mol. The van der Waals surface area contributed by atoms with Crippen molar-refractivity contribution < 1.29 is 24.3 Å². The first-order valence-corrected chi connectivity index (χ1v) is 25.7. The predicted octanol–water partition coefficient (Wildman–Crippen LogP) is 5.65. The van der Waals surface area contributed by atoms with Crippen molar-refractivity contribution in [1.82, 2.24) is 54.6 Å². The first kappa shape index (κ1) is 46.0. The Bertz CT molecular complexity index is 3420. The second-order valence-electron chi connectivity index (χ2n) is 19.8. The summed E-state index contributed by atoms with van der Waals surface area (Å²) in [4.78, 5) is 93.9. The van der Waals surface area contributed by atoms with Crippen LogP contribution in [-0.2, 0) is 14.4 Å². The summed E-state index contributed by atoms with van der Waals surface area (Å²) in [6.07, 6.45) is 14.8. The highest BCUT2D eigenvalue weighted by atomic mass is 32.1. The Morgan fingerprint density at radius 1 is 0.616 bits per heavy atom. The van der Waals surface area contributed by atoms with Crippen molar-refractivity contribution in [1.29, 1.82) is 5.26 Å². The molecule has 4 N–H and O–H groups in total. The first-order chi connectivity index (χ1) is 35.6. The van der Waals surface area contributed by atoms with Crippen LogP contribution in [0.25, 0.3) is 43.2 Å². The Morgan fingerprint density at radius 3 is 1.81 bits per heavy atom. The van der Waals surface area contributed by atoms with Gasteiger partial charge in [-0.2, -0.15) is 5.26 Å². The number of carbonyl (C=O) groups excluding carboxylic acids is 3. The molecule has 6 fully saturated rings. The number of aromatic nitrogens is 8. The maximum absolute atomic E-state index is 12.9. The highest BCUT2D eigenvalue weighted by molar-refractivity contribution is 7.20. The van der Waals surface area contributed by atoms with Crippen molar-refractivity contribution in [2.24, 2.45) is 10.8 Å². The van der Waals surface area contributed by atoms with Crippen molar-refractivity contribution in [2.45, 2.75) is 44.1 Å². The number of nitriles is 1. The van der Waals surface area contributed by atoms with E-state index in [0.29, 0.717) is 58.7 Å². The van der Waals surface area contributed by atoms with Gasteiger partial charge in [-0.25, -0.2) is 24.9 Å². The zero-order valence-corrected chi connectivity index (χ0v) is 40.9. The predicted molar refractivity (Wildman–Crippen MR) is 275 cm³/mol. The number of carboxylic acids is 1. The Kier molecular flexibility index (Phi) is 11.4. The van der Waals surface area contributed by atoms with Gasteiger partial charge in [0.15, 0.2) is 0 Å². The molecule has 3 aliphatic heterocycles. The van der Waals surface area contributed by atoms with Gasteiger partial charge < -0.3 is 49.5 Å². The third-order valence-electron chi connectivity index (χ3n) is 15.5. The SMILES string of the molecule is N#CC1(C(=O)N2CCN(c3ccnc4[nH]ccc34)CC2)CC1.O=C(O)C1(C(=O)N2CCN(c3ncnc4[nH]ccc34)CC23CC3)CC1.O=C(c1cc2ccccc2s1)N1CCN(c2ncnc3[nH]ccc23)CC1. The van der Waals surface area contributed by atoms with Gasteiger partial charge in [-0.05, 0) is 80.3 Å². The molecule has 73 heavy (non-hydrogen) atoms. The summed E-state index contributed by atoms with van der Waals surface area (Å²) < 4.78 is 1.16. The monoisotopic (exact) mass is 999 g/mol. The number of aliphatic carboxylic acids is 1. The minimum absolute atomic E-state index is 0.0242. The number of fused-ring (bicyclic) bond motifs is 4. The summed E-state index contributed by atoms with van der Waals surface area (Å²) in [6.45, 7) is 7.77. The van der Waals surface area contributed by atoms with Gasteiger partial charge in [-0.15, -0.1) is 11.3 Å². The summed E-state index contributed by atoms with van der Waals surface area (Å²) in [5.41, 5.74) is 1.61. The number of nitrogens with one attached hydrogen (secondary N) is 3. The summed E-state index contributed by atoms with van der Waals surface area (Å²) in [6, 6.07) is 20.3. The van der Waals surface area contributed by atoms with Gasteiger partial charge in [0.05, 0.1) is 27.3 Å². The van der Waals surface area contributed by atoms with Gasteiger partial charge in [0.1, 0.15) is 52.1 Å². The van der Waals surface area contributed by atoms with E-state index in [1.165, 1.54) is 0 Å². The molecule has 3 saturated carbocycles. The fourth-order valence-electron chi connectivity index (χ4n) is 10.7. The number of hydrogen-bond acceptors (Lipinski definition) is 14. The molecule has 6 aliphatic rings. The zero-order chi connectivity index (χ0) is 49.9. The molecule has 3 aliphatic carbocycles. The van der Waals surface area contributed by atoms with E-state index in [1.54, 1.807) is 30.2 Å². The summed E-state index contributed by atoms with van der Waals surface area (Å²) in [5.74, 6) is 0.804. The van der Waals surface area contributed by atoms with Gasteiger partial charge in [-0.3, -0.25) is 19.2 Å². The topological polar surface area (TPSA) is 244 Å². The van der Waals surface area contributed by atoms with Crippen LogP contribution in [0, 0.1) is 22.2 Å². The lowest BCUT2D eigenvalue weighted by Crippen LogP contribution is -2.59. The highest BCUT2D eigenvalue weighted by Gasteiger charge is 2.64. The van der Waals surface area contributed by atoms with Crippen molar-refractivity contribution in [3.8, 4) is 6.07 Å². The molecule has 20 nitrogen and oxygen atoms in total. The Morgan fingerprint density at radius 2 is 1.21 bits per heavy atom. The van der Waals surface area contributed by atoms with Crippen molar-refractivity contribution >= 4 is 95.5 Å². The molecule has 0 unspecified atom stereocenters. The number of benzene rings is 1. The Labute approximate surface area is 422 Å². The number of thiophene rings is 1. The summed E-state index contributed by atoms with van der Waals surface area (Å²) in [7, 11) is 0. The number of carbonyl (C=O) groups is 4. The largest absolute Gasteiger partial charge is 0.480 e. The van der Waals surface area contributed by atoms with E-state index in [0.717, 1.165) is 117 Å². The molecule has 14 rings (SSSR count). The highest BCUT2D eigenvalue weighted by Crippen LogP contribution is 2.53. The maximum Gasteiger partial charge on any atom is 0.319 e. The molecule has 7 aromatic heterocycles. The van der Waals surface area contributed by atoms with Crippen LogP contribution in [-0.4, -0.2) is 161 Å². The van der Waals surface area contributed by atoms with Crippen LogP contribution >= 0.6 is 11.3 Å². The molecule has 372 valence electrons. The van der Waals surface area contributed by atoms with Gasteiger partial charge in [0, 0.05) is 113 Å². The molecule has 10 heterocycles. The quantitative estimate of drug-likeness (QED) is 0.141. The second kappa shape index (κ2) is 18.2. The number of carboxylic acid groups (broad SMARTS) is 1. The van der Waals surface area contributed by atoms with Gasteiger partial charge in [0.2, 0.25) is 11.8 Å². The lowest BCUT2D eigenvalue weighted by molar-refractivity contribution is -0.155. The minimum Gasteiger partial charge on any atom is -0.480 e. The van der Waals surface area contributed by atoms with E-state index in [1.807, 2.05) is 75.8 Å². The first-order valence-electron chi connectivity index (χ1n) is 24.9. The maximum atomic E-state index is 12.9. The number of amides is 3. The molecule has 21 heteroatoms. The lowest BCUT2D eigenvalue weighted by atomic mass is 10.0. The van der Waals surface area contributed by atoms with Crippen molar-refractivity contribution in [3.05, 3.63) is 96.9 Å².